The number of likely N-dealkylation sites (tertiary alicyclic amines) is 1. The number of carbonyl (C=O) groups is 1. The largest absolute Gasteiger partial charge is 0.310 e. The molecule has 1 N–H and O–H groups in total. The van der Waals surface area contributed by atoms with Gasteiger partial charge in [-0.1, -0.05) is 20.8 Å². The molecule has 2 heterocycles. The number of carbonyl (C=O) groups excluding carboxylic acids is 1. The summed E-state index contributed by atoms with van der Waals surface area (Å²) in [4.78, 5) is 14.5. The second-order valence-electron chi connectivity index (χ2n) is 6.16. The van der Waals surface area contributed by atoms with Crippen LogP contribution < -0.4 is 5.32 Å². The highest BCUT2D eigenvalue weighted by molar-refractivity contribution is 5.91. The van der Waals surface area contributed by atoms with E-state index in [0.717, 1.165) is 31.7 Å². The molecule has 1 aromatic rings. The van der Waals surface area contributed by atoms with Gasteiger partial charge in [-0.15, -0.1) is 0 Å². The first-order chi connectivity index (χ1) is 10.1. The van der Waals surface area contributed by atoms with Crippen LogP contribution >= 0.6 is 0 Å². The SMILES string of the molecule is CCC(CC)n1nccc1NC(=O)CN1CCCC(C)C1. The molecule has 0 radical (unpaired) electrons. The fourth-order valence-electron chi connectivity index (χ4n) is 3.15. The lowest BCUT2D eigenvalue weighted by Crippen LogP contribution is -2.40. The van der Waals surface area contributed by atoms with Crippen LogP contribution in [0.5, 0.6) is 0 Å². The van der Waals surface area contributed by atoms with Gasteiger partial charge in [0.25, 0.3) is 0 Å². The maximum absolute atomic E-state index is 12.2. The van der Waals surface area contributed by atoms with Crippen LogP contribution in [0.2, 0.25) is 0 Å². The van der Waals surface area contributed by atoms with E-state index in [1.54, 1.807) is 6.20 Å². The first-order valence-corrected chi connectivity index (χ1v) is 8.19. The maximum atomic E-state index is 12.2. The Labute approximate surface area is 127 Å². The molecule has 21 heavy (non-hydrogen) atoms. The Morgan fingerprint density at radius 2 is 2.24 bits per heavy atom. The van der Waals surface area contributed by atoms with Crippen molar-refractivity contribution in [1.82, 2.24) is 14.7 Å². The Balaban J connectivity index is 1.92. The van der Waals surface area contributed by atoms with Crippen LogP contribution in [0.4, 0.5) is 5.82 Å². The van der Waals surface area contributed by atoms with Crippen LogP contribution in [-0.2, 0) is 4.79 Å². The Bertz CT molecular complexity index is 453. The van der Waals surface area contributed by atoms with Crippen molar-refractivity contribution in [1.29, 1.82) is 0 Å². The molecule has 5 nitrogen and oxygen atoms in total. The van der Waals surface area contributed by atoms with Crippen molar-refractivity contribution in [2.24, 2.45) is 5.92 Å². The quantitative estimate of drug-likeness (QED) is 0.877. The van der Waals surface area contributed by atoms with Crippen molar-refractivity contribution in [2.45, 2.75) is 52.5 Å². The normalized spacial score (nSPS) is 19.9. The number of piperidine rings is 1. The van der Waals surface area contributed by atoms with Crippen LogP contribution in [0.25, 0.3) is 0 Å². The Morgan fingerprint density at radius 3 is 2.90 bits per heavy atom. The molecule has 5 heteroatoms. The van der Waals surface area contributed by atoms with Crippen LogP contribution in [0.15, 0.2) is 12.3 Å². The zero-order chi connectivity index (χ0) is 15.2. The zero-order valence-electron chi connectivity index (χ0n) is 13.5. The molecule has 0 bridgehead atoms. The van der Waals surface area contributed by atoms with E-state index in [2.05, 4.69) is 36.1 Å². The molecule has 1 unspecified atom stereocenters. The summed E-state index contributed by atoms with van der Waals surface area (Å²) in [5.41, 5.74) is 0. The Hall–Kier alpha value is -1.36. The standard InChI is InChI=1S/C16H28N4O/c1-4-14(5-2)20-15(8-9-17-20)18-16(21)12-19-10-6-7-13(3)11-19/h8-9,13-14H,4-7,10-12H2,1-3H3,(H,18,21). The van der Waals surface area contributed by atoms with Crippen molar-refractivity contribution in [3.8, 4) is 0 Å². The van der Waals surface area contributed by atoms with Crippen LogP contribution in [-0.4, -0.2) is 40.2 Å². The van der Waals surface area contributed by atoms with E-state index in [4.69, 9.17) is 0 Å². The van der Waals surface area contributed by atoms with E-state index in [9.17, 15) is 4.79 Å². The van der Waals surface area contributed by atoms with Gasteiger partial charge in [0.05, 0.1) is 18.8 Å². The molecule has 0 spiro atoms. The summed E-state index contributed by atoms with van der Waals surface area (Å²) in [5.74, 6) is 1.58. The third-order valence-corrected chi connectivity index (χ3v) is 4.33. The molecule has 1 aliphatic heterocycles. The minimum Gasteiger partial charge on any atom is -0.310 e. The zero-order valence-corrected chi connectivity index (χ0v) is 13.5. The van der Waals surface area contributed by atoms with Crippen molar-refractivity contribution in [2.75, 3.05) is 25.0 Å². The Kier molecular flexibility index (Phi) is 5.79. The molecule has 2 rings (SSSR count). The fourth-order valence-corrected chi connectivity index (χ4v) is 3.15. The number of anilines is 1. The lowest BCUT2D eigenvalue weighted by atomic mass is 10.0. The van der Waals surface area contributed by atoms with E-state index < -0.39 is 0 Å². The molecule has 0 aromatic carbocycles. The van der Waals surface area contributed by atoms with Gasteiger partial charge < -0.3 is 5.32 Å². The third-order valence-electron chi connectivity index (χ3n) is 4.33. The highest BCUT2D eigenvalue weighted by Gasteiger charge is 2.19. The van der Waals surface area contributed by atoms with Gasteiger partial charge in [-0.3, -0.25) is 9.69 Å². The average Bonchev–Trinajstić information content (AvgIpc) is 2.88. The van der Waals surface area contributed by atoms with Gasteiger partial charge in [-0.25, -0.2) is 4.68 Å². The molecule has 1 aliphatic rings. The number of aromatic nitrogens is 2. The molecule has 1 fully saturated rings. The lowest BCUT2D eigenvalue weighted by Gasteiger charge is -2.30. The summed E-state index contributed by atoms with van der Waals surface area (Å²) in [6.07, 6.45) is 6.27. The number of hydrogen-bond donors (Lipinski definition) is 1. The van der Waals surface area contributed by atoms with Gasteiger partial charge >= 0.3 is 0 Å². The minimum absolute atomic E-state index is 0.0665. The van der Waals surface area contributed by atoms with E-state index in [1.165, 1.54) is 12.8 Å². The molecular formula is C16H28N4O. The van der Waals surface area contributed by atoms with E-state index in [-0.39, 0.29) is 5.91 Å². The van der Waals surface area contributed by atoms with Crippen LogP contribution in [0.1, 0.15) is 52.5 Å². The Morgan fingerprint density at radius 1 is 1.48 bits per heavy atom. The molecule has 1 atom stereocenters. The average molecular weight is 292 g/mol. The first kappa shape index (κ1) is 16.0. The maximum Gasteiger partial charge on any atom is 0.239 e. The van der Waals surface area contributed by atoms with Crippen molar-refractivity contribution in [3.05, 3.63) is 12.3 Å². The van der Waals surface area contributed by atoms with Crippen molar-refractivity contribution < 1.29 is 4.79 Å². The topological polar surface area (TPSA) is 50.2 Å². The van der Waals surface area contributed by atoms with E-state index >= 15 is 0 Å². The van der Waals surface area contributed by atoms with Gasteiger partial charge in [0.2, 0.25) is 5.91 Å². The predicted molar refractivity (Wildman–Crippen MR) is 85.3 cm³/mol. The number of amides is 1. The number of rotatable bonds is 6. The van der Waals surface area contributed by atoms with E-state index in [0.29, 0.717) is 18.5 Å². The van der Waals surface area contributed by atoms with Crippen LogP contribution in [0, 0.1) is 5.92 Å². The highest BCUT2D eigenvalue weighted by atomic mass is 16.2. The van der Waals surface area contributed by atoms with Gasteiger partial charge in [-0.2, -0.15) is 5.10 Å². The minimum atomic E-state index is 0.0665. The smallest absolute Gasteiger partial charge is 0.239 e. The third kappa shape index (κ3) is 4.30. The number of nitrogens with one attached hydrogen (secondary N) is 1. The first-order valence-electron chi connectivity index (χ1n) is 8.19. The monoisotopic (exact) mass is 292 g/mol. The number of hydrogen-bond acceptors (Lipinski definition) is 3. The fraction of sp³-hybridized carbons (Fsp3) is 0.750. The summed E-state index contributed by atoms with van der Waals surface area (Å²) < 4.78 is 1.94. The number of nitrogens with zero attached hydrogens (tertiary/aromatic N) is 3. The van der Waals surface area contributed by atoms with Gasteiger partial charge in [-0.05, 0) is 38.1 Å². The summed E-state index contributed by atoms with van der Waals surface area (Å²) in [7, 11) is 0. The summed E-state index contributed by atoms with van der Waals surface area (Å²) >= 11 is 0. The van der Waals surface area contributed by atoms with Gasteiger partial charge in [0.1, 0.15) is 5.82 Å². The second kappa shape index (κ2) is 7.59. The molecular weight excluding hydrogens is 264 g/mol. The van der Waals surface area contributed by atoms with Crippen LogP contribution in [0.3, 0.4) is 0 Å². The van der Waals surface area contributed by atoms with Crippen molar-refractivity contribution >= 4 is 11.7 Å². The second-order valence-corrected chi connectivity index (χ2v) is 6.16. The molecule has 1 saturated heterocycles. The predicted octanol–water partition coefficient (Wildman–Crippen LogP) is 2.91. The lowest BCUT2D eigenvalue weighted by molar-refractivity contribution is -0.117. The van der Waals surface area contributed by atoms with E-state index in [1.807, 2.05) is 10.7 Å². The van der Waals surface area contributed by atoms with Crippen molar-refractivity contribution in [3.63, 3.8) is 0 Å². The van der Waals surface area contributed by atoms with Gasteiger partial charge in [0, 0.05) is 12.6 Å². The molecule has 0 saturated carbocycles. The molecule has 1 aromatic heterocycles. The summed E-state index contributed by atoms with van der Waals surface area (Å²) in [6.45, 7) is 9.10. The molecule has 1 amide bonds. The molecule has 0 aliphatic carbocycles. The summed E-state index contributed by atoms with van der Waals surface area (Å²) in [6, 6.07) is 2.24. The summed E-state index contributed by atoms with van der Waals surface area (Å²) in [5, 5.41) is 7.38. The highest BCUT2D eigenvalue weighted by Crippen LogP contribution is 2.20. The van der Waals surface area contributed by atoms with Gasteiger partial charge in [0.15, 0.2) is 0 Å². The molecule has 118 valence electrons.